The van der Waals surface area contributed by atoms with Gasteiger partial charge in [0.05, 0.1) is 5.52 Å². The van der Waals surface area contributed by atoms with Crippen LogP contribution < -0.4 is 0 Å². The van der Waals surface area contributed by atoms with Crippen molar-refractivity contribution in [3.05, 3.63) is 53.4 Å². The molecule has 0 aliphatic carbocycles. The number of halogens is 1. The number of rotatable bonds is 2. The molecule has 0 N–H and O–H groups in total. The number of fused-ring (bicyclic) bond motifs is 1. The number of pyridine rings is 1. The zero-order chi connectivity index (χ0) is 12.5. The molecule has 0 aliphatic heterocycles. The Morgan fingerprint density at radius 2 is 2.00 bits per heavy atom. The van der Waals surface area contributed by atoms with Crippen LogP contribution in [0, 0.1) is 0 Å². The molecule has 0 fully saturated rings. The Kier molecular flexibility index (Phi) is 2.61. The molecule has 2 aromatic heterocycles. The van der Waals surface area contributed by atoms with Gasteiger partial charge in [0, 0.05) is 10.9 Å². The van der Waals surface area contributed by atoms with Crippen molar-refractivity contribution in [2.24, 2.45) is 0 Å². The van der Waals surface area contributed by atoms with Gasteiger partial charge in [0.15, 0.2) is 12.0 Å². The van der Waals surface area contributed by atoms with Crippen molar-refractivity contribution < 1.29 is 9.21 Å². The van der Waals surface area contributed by atoms with E-state index in [1.54, 1.807) is 18.2 Å². The number of hydrogen-bond donors (Lipinski definition) is 0. The van der Waals surface area contributed by atoms with Crippen LogP contribution in [-0.2, 0) is 0 Å². The van der Waals surface area contributed by atoms with E-state index in [4.69, 9.17) is 16.0 Å². The Morgan fingerprint density at radius 3 is 2.78 bits per heavy atom. The van der Waals surface area contributed by atoms with Gasteiger partial charge < -0.3 is 4.42 Å². The van der Waals surface area contributed by atoms with Gasteiger partial charge in [-0.15, -0.1) is 0 Å². The molecule has 3 aromatic rings. The first kappa shape index (κ1) is 11.0. The van der Waals surface area contributed by atoms with Crippen LogP contribution in [0.1, 0.15) is 10.6 Å². The Morgan fingerprint density at radius 1 is 1.11 bits per heavy atom. The molecule has 3 rings (SSSR count). The number of aromatic nitrogens is 1. The lowest BCUT2D eigenvalue weighted by atomic mass is 10.1. The lowest BCUT2D eigenvalue weighted by Gasteiger charge is -2.03. The molecule has 0 aliphatic rings. The average Bonchev–Trinajstić information content (AvgIpc) is 2.86. The zero-order valence-electron chi connectivity index (χ0n) is 9.26. The van der Waals surface area contributed by atoms with Crippen molar-refractivity contribution in [1.29, 1.82) is 0 Å². The molecule has 0 unspecified atom stereocenters. The van der Waals surface area contributed by atoms with Gasteiger partial charge in [-0.2, -0.15) is 0 Å². The van der Waals surface area contributed by atoms with Gasteiger partial charge in [-0.05, 0) is 30.3 Å². The van der Waals surface area contributed by atoms with E-state index < -0.39 is 0 Å². The fourth-order valence-corrected chi connectivity index (χ4v) is 2.03. The number of para-hydroxylation sites is 1. The predicted molar refractivity (Wildman–Crippen MR) is 69.8 cm³/mol. The molecule has 4 heteroatoms. The number of carbonyl (C=O) groups excluding carboxylic acids is 1. The van der Waals surface area contributed by atoms with E-state index in [0.717, 1.165) is 16.5 Å². The lowest BCUT2D eigenvalue weighted by molar-refractivity contribution is 0.110. The van der Waals surface area contributed by atoms with Crippen LogP contribution in [0.3, 0.4) is 0 Å². The maximum atomic E-state index is 10.6. The minimum absolute atomic E-state index is 0.295. The number of furan rings is 1. The zero-order valence-corrected chi connectivity index (χ0v) is 10.0. The molecule has 18 heavy (non-hydrogen) atoms. The van der Waals surface area contributed by atoms with Gasteiger partial charge >= 0.3 is 0 Å². The number of carbonyl (C=O) groups is 1. The molecule has 1 aromatic carbocycles. The van der Waals surface area contributed by atoms with Gasteiger partial charge in [0.2, 0.25) is 0 Å². The second kappa shape index (κ2) is 4.27. The number of nitrogens with zero attached hydrogens (tertiary/aromatic N) is 1. The van der Waals surface area contributed by atoms with E-state index in [9.17, 15) is 4.79 Å². The molecule has 0 saturated carbocycles. The second-order valence-electron chi connectivity index (χ2n) is 3.83. The van der Waals surface area contributed by atoms with Crippen LogP contribution >= 0.6 is 11.6 Å². The van der Waals surface area contributed by atoms with Crippen LogP contribution in [0.15, 0.2) is 46.9 Å². The van der Waals surface area contributed by atoms with Crippen molar-refractivity contribution in [2.45, 2.75) is 0 Å². The summed E-state index contributed by atoms with van der Waals surface area (Å²) in [5, 5.41) is 1.40. The van der Waals surface area contributed by atoms with E-state index in [1.165, 1.54) is 0 Å². The first-order valence-corrected chi connectivity index (χ1v) is 5.76. The second-order valence-corrected chi connectivity index (χ2v) is 4.22. The van der Waals surface area contributed by atoms with Crippen molar-refractivity contribution in [1.82, 2.24) is 4.98 Å². The van der Waals surface area contributed by atoms with Crippen molar-refractivity contribution in [3.63, 3.8) is 0 Å². The van der Waals surface area contributed by atoms with E-state index in [1.807, 2.05) is 24.3 Å². The molecular weight excluding hydrogens is 250 g/mol. The fraction of sp³-hybridized carbons (Fsp3) is 0. The highest BCUT2D eigenvalue weighted by Crippen LogP contribution is 2.29. The van der Waals surface area contributed by atoms with E-state index in [0.29, 0.717) is 23.0 Å². The molecule has 0 saturated heterocycles. The van der Waals surface area contributed by atoms with Crippen LogP contribution in [0.25, 0.3) is 22.2 Å². The van der Waals surface area contributed by atoms with Gasteiger partial charge in [0.25, 0.3) is 0 Å². The maximum absolute atomic E-state index is 10.6. The summed E-state index contributed by atoms with van der Waals surface area (Å²) < 4.78 is 5.42. The molecule has 88 valence electrons. The van der Waals surface area contributed by atoms with E-state index in [2.05, 4.69) is 4.98 Å². The van der Waals surface area contributed by atoms with Gasteiger partial charge in [-0.1, -0.05) is 23.7 Å². The third-order valence-electron chi connectivity index (χ3n) is 2.69. The minimum Gasteiger partial charge on any atom is -0.453 e. The molecule has 0 amide bonds. The maximum Gasteiger partial charge on any atom is 0.185 e. The summed E-state index contributed by atoms with van der Waals surface area (Å²) in [5.41, 5.74) is 1.58. The summed E-state index contributed by atoms with van der Waals surface area (Å²) in [5.74, 6) is 0.904. The monoisotopic (exact) mass is 257 g/mol. The van der Waals surface area contributed by atoms with Crippen molar-refractivity contribution in [2.75, 3.05) is 0 Å². The molecule has 0 radical (unpaired) electrons. The van der Waals surface area contributed by atoms with Crippen molar-refractivity contribution in [3.8, 4) is 11.3 Å². The first-order chi connectivity index (χ1) is 8.78. The smallest absolute Gasteiger partial charge is 0.185 e. The quantitative estimate of drug-likeness (QED) is 0.515. The average molecular weight is 258 g/mol. The Bertz CT molecular complexity index is 733. The van der Waals surface area contributed by atoms with E-state index in [-0.39, 0.29) is 0 Å². The molecule has 0 atom stereocenters. The number of benzene rings is 1. The number of hydrogen-bond acceptors (Lipinski definition) is 3. The summed E-state index contributed by atoms with van der Waals surface area (Å²) in [6.45, 7) is 0. The standard InChI is InChI=1S/C14H8ClNO2/c15-13-7-4-9-2-1-3-11(14(9)16-13)12-6-5-10(8-17)18-12/h1-8H. The third kappa shape index (κ3) is 1.79. The Balaban J connectivity index is 2.27. The molecular formula is C14H8ClNO2. The summed E-state index contributed by atoms with van der Waals surface area (Å²) in [6, 6.07) is 12.8. The fourth-order valence-electron chi connectivity index (χ4n) is 1.88. The van der Waals surface area contributed by atoms with Crippen LogP contribution in [0.2, 0.25) is 5.15 Å². The summed E-state index contributed by atoms with van der Waals surface area (Å²) in [4.78, 5) is 14.9. The van der Waals surface area contributed by atoms with Crippen LogP contribution in [0.5, 0.6) is 0 Å². The predicted octanol–water partition coefficient (Wildman–Crippen LogP) is 3.96. The Labute approximate surface area is 108 Å². The van der Waals surface area contributed by atoms with Crippen LogP contribution in [0.4, 0.5) is 0 Å². The molecule has 0 spiro atoms. The lowest BCUT2D eigenvalue weighted by Crippen LogP contribution is -1.84. The summed E-state index contributed by atoms with van der Waals surface area (Å²) >= 11 is 5.91. The minimum atomic E-state index is 0.295. The SMILES string of the molecule is O=Cc1ccc(-c2cccc3ccc(Cl)nc23)o1. The van der Waals surface area contributed by atoms with E-state index >= 15 is 0 Å². The largest absolute Gasteiger partial charge is 0.453 e. The topological polar surface area (TPSA) is 43.1 Å². The highest BCUT2D eigenvalue weighted by molar-refractivity contribution is 6.29. The Hall–Kier alpha value is -2.13. The van der Waals surface area contributed by atoms with Crippen LogP contribution in [-0.4, -0.2) is 11.3 Å². The molecule has 0 bridgehead atoms. The first-order valence-electron chi connectivity index (χ1n) is 5.38. The van der Waals surface area contributed by atoms with Gasteiger partial charge in [-0.3, -0.25) is 4.79 Å². The molecule has 3 nitrogen and oxygen atoms in total. The summed E-state index contributed by atoms with van der Waals surface area (Å²) in [7, 11) is 0. The molecule has 2 heterocycles. The van der Waals surface area contributed by atoms with Gasteiger partial charge in [0.1, 0.15) is 10.9 Å². The number of aldehydes is 1. The highest BCUT2D eigenvalue weighted by atomic mass is 35.5. The third-order valence-corrected chi connectivity index (χ3v) is 2.91. The highest BCUT2D eigenvalue weighted by Gasteiger charge is 2.09. The summed E-state index contributed by atoms with van der Waals surface area (Å²) in [6.07, 6.45) is 0.676. The van der Waals surface area contributed by atoms with Crippen molar-refractivity contribution >= 4 is 28.8 Å². The van der Waals surface area contributed by atoms with Gasteiger partial charge in [-0.25, -0.2) is 4.98 Å². The normalized spacial score (nSPS) is 10.7.